The van der Waals surface area contributed by atoms with E-state index in [0.29, 0.717) is 6.54 Å². The van der Waals surface area contributed by atoms with Crippen molar-refractivity contribution < 1.29 is 4.79 Å². The Bertz CT molecular complexity index is 538. The molecule has 1 N–H and O–H groups in total. The van der Waals surface area contributed by atoms with Gasteiger partial charge in [-0.1, -0.05) is 0 Å². The lowest BCUT2D eigenvalue weighted by atomic mass is 10.4. The maximum absolute atomic E-state index is 11.4. The van der Waals surface area contributed by atoms with E-state index in [-0.39, 0.29) is 5.91 Å². The molecule has 0 aliphatic rings. The largest absolute Gasteiger partial charge is 0.311 e. The average molecular weight is 310 g/mol. The predicted octanol–water partition coefficient (Wildman–Crippen LogP) is 2.30. The number of thiazole rings is 2. The van der Waals surface area contributed by atoms with Gasteiger partial charge in [-0.15, -0.1) is 22.7 Å². The van der Waals surface area contributed by atoms with E-state index in [2.05, 4.69) is 15.3 Å². The number of carbonyl (C=O) groups excluding carboxylic acids is 1. The molecule has 0 bridgehead atoms. The lowest BCUT2D eigenvalue weighted by molar-refractivity contribution is -0.116. The Kier molecular flexibility index (Phi) is 5.63. The number of anilines is 1. The molecule has 5 nitrogen and oxygen atoms in total. The summed E-state index contributed by atoms with van der Waals surface area (Å²) in [5.41, 5.74) is 0.976. The summed E-state index contributed by atoms with van der Waals surface area (Å²) >= 11 is 3.18. The van der Waals surface area contributed by atoms with Crippen molar-refractivity contribution in [1.82, 2.24) is 15.3 Å². The first kappa shape index (κ1) is 15.1. The van der Waals surface area contributed by atoms with Gasteiger partial charge in [0.1, 0.15) is 0 Å². The number of rotatable bonds is 7. The number of aromatic nitrogens is 2. The summed E-state index contributed by atoms with van der Waals surface area (Å²) in [6.45, 7) is 5.77. The third-order valence-electron chi connectivity index (χ3n) is 2.77. The molecule has 2 aromatic rings. The van der Waals surface area contributed by atoms with Crippen LogP contribution in [0.4, 0.5) is 5.13 Å². The van der Waals surface area contributed by atoms with Gasteiger partial charge < -0.3 is 5.32 Å². The quantitative estimate of drug-likeness (QED) is 0.797. The van der Waals surface area contributed by atoms with Crippen LogP contribution in [0.3, 0.4) is 0 Å². The summed E-state index contributed by atoms with van der Waals surface area (Å²) in [7, 11) is 0. The molecule has 0 aromatic carbocycles. The van der Waals surface area contributed by atoms with Crippen molar-refractivity contribution in [2.75, 3.05) is 18.0 Å². The summed E-state index contributed by atoms with van der Waals surface area (Å²) in [4.78, 5) is 21.9. The summed E-state index contributed by atoms with van der Waals surface area (Å²) in [5, 5.41) is 9.25. The third-order valence-corrected chi connectivity index (χ3v) is 4.52. The summed E-state index contributed by atoms with van der Waals surface area (Å²) in [5.74, 6) is 0.0325. The minimum absolute atomic E-state index is 0.0325. The number of nitrogens with zero attached hydrogens (tertiary/aromatic N) is 3. The van der Waals surface area contributed by atoms with Crippen LogP contribution in [0.5, 0.6) is 0 Å². The lowest BCUT2D eigenvalue weighted by Gasteiger charge is -2.14. The molecule has 0 unspecified atom stereocenters. The highest BCUT2D eigenvalue weighted by molar-refractivity contribution is 7.14. The van der Waals surface area contributed by atoms with E-state index in [1.807, 2.05) is 23.9 Å². The highest BCUT2D eigenvalue weighted by Gasteiger charge is 2.12. The van der Waals surface area contributed by atoms with Gasteiger partial charge in [0.15, 0.2) is 5.13 Å². The van der Waals surface area contributed by atoms with Crippen LogP contribution in [-0.2, 0) is 17.8 Å². The Hall–Kier alpha value is -1.31. The molecule has 108 valence electrons. The Morgan fingerprint density at radius 1 is 1.45 bits per heavy atom. The summed E-state index contributed by atoms with van der Waals surface area (Å²) in [6, 6.07) is 0. The Balaban J connectivity index is 1.79. The number of hydrogen-bond donors (Lipinski definition) is 1. The fraction of sp³-hybridized carbons (Fsp3) is 0.462. The maximum atomic E-state index is 11.4. The fourth-order valence-corrected chi connectivity index (χ4v) is 3.34. The van der Waals surface area contributed by atoms with Crippen molar-refractivity contribution in [1.29, 1.82) is 0 Å². The molecule has 0 aliphatic heterocycles. The van der Waals surface area contributed by atoms with Crippen molar-refractivity contribution >= 4 is 33.7 Å². The zero-order chi connectivity index (χ0) is 14.4. The van der Waals surface area contributed by atoms with Crippen molar-refractivity contribution in [2.45, 2.75) is 26.8 Å². The van der Waals surface area contributed by atoms with Crippen LogP contribution in [0.15, 0.2) is 17.0 Å². The van der Waals surface area contributed by atoms with Gasteiger partial charge in [0.05, 0.1) is 10.7 Å². The number of nitrogens with one attached hydrogen (secondary N) is 1. The smallest absolute Gasteiger partial charge is 0.225 e. The molecule has 2 heterocycles. The van der Waals surface area contributed by atoms with Gasteiger partial charge in [0.2, 0.25) is 5.91 Å². The van der Waals surface area contributed by atoms with E-state index in [1.54, 1.807) is 23.2 Å². The highest BCUT2D eigenvalue weighted by Crippen LogP contribution is 2.20. The molecule has 0 spiro atoms. The van der Waals surface area contributed by atoms with Crippen LogP contribution in [0.1, 0.15) is 24.5 Å². The summed E-state index contributed by atoms with van der Waals surface area (Å²) < 4.78 is 0. The molecule has 1 amide bonds. The highest BCUT2D eigenvalue weighted by atomic mass is 32.1. The first-order valence-electron chi connectivity index (χ1n) is 6.52. The van der Waals surface area contributed by atoms with Crippen molar-refractivity contribution in [3.8, 4) is 0 Å². The Morgan fingerprint density at radius 2 is 2.30 bits per heavy atom. The number of amides is 1. The maximum Gasteiger partial charge on any atom is 0.225 e. The lowest BCUT2D eigenvalue weighted by Crippen LogP contribution is -2.27. The van der Waals surface area contributed by atoms with Crippen LogP contribution in [0, 0.1) is 0 Å². The van der Waals surface area contributed by atoms with Crippen LogP contribution >= 0.6 is 22.7 Å². The SMILES string of the molecule is CCN(C(C)=O)c1nc(CNCCc2nccs2)cs1. The van der Waals surface area contributed by atoms with Crippen LogP contribution in [0.2, 0.25) is 0 Å². The van der Waals surface area contributed by atoms with Gasteiger partial charge in [-0.2, -0.15) is 0 Å². The van der Waals surface area contributed by atoms with E-state index in [4.69, 9.17) is 0 Å². The Labute approximate surface area is 126 Å². The molecular formula is C13H18N4OS2. The minimum Gasteiger partial charge on any atom is -0.311 e. The Morgan fingerprint density at radius 3 is 2.95 bits per heavy atom. The molecule has 0 aliphatic carbocycles. The molecule has 0 atom stereocenters. The second-order valence-electron chi connectivity index (χ2n) is 4.24. The molecular weight excluding hydrogens is 292 g/mol. The third kappa shape index (κ3) is 4.09. The summed E-state index contributed by atoms with van der Waals surface area (Å²) in [6.07, 6.45) is 2.76. The second-order valence-corrected chi connectivity index (χ2v) is 6.05. The first-order valence-corrected chi connectivity index (χ1v) is 8.28. The normalized spacial score (nSPS) is 10.7. The molecule has 20 heavy (non-hydrogen) atoms. The molecule has 2 rings (SSSR count). The van der Waals surface area contributed by atoms with Crippen molar-refractivity contribution in [3.63, 3.8) is 0 Å². The number of hydrogen-bond acceptors (Lipinski definition) is 6. The van der Waals surface area contributed by atoms with E-state index >= 15 is 0 Å². The zero-order valence-corrected chi connectivity index (χ0v) is 13.3. The van der Waals surface area contributed by atoms with Gasteiger partial charge in [-0.3, -0.25) is 9.69 Å². The fourth-order valence-electron chi connectivity index (χ4n) is 1.78. The van der Waals surface area contributed by atoms with Gasteiger partial charge >= 0.3 is 0 Å². The average Bonchev–Trinajstić information content (AvgIpc) is 3.06. The van der Waals surface area contributed by atoms with E-state index < -0.39 is 0 Å². The topological polar surface area (TPSA) is 58.1 Å². The van der Waals surface area contributed by atoms with Gasteiger partial charge in [0.25, 0.3) is 0 Å². The monoisotopic (exact) mass is 310 g/mol. The molecule has 0 radical (unpaired) electrons. The molecule has 0 saturated heterocycles. The van der Waals surface area contributed by atoms with E-state index in [0.717, 1.165) is 35.3 Å². The van der Waals surface area contributed by atoms with Gasteiger partial charge in [-0.05, 0) is 6.92 Å². The van der Waals surface area contributed by atoms with E-state index in [1.165, 1.54) is 11.3 Å². The second kappa shape index (κ2) is 7.47. The van der Waals surface area contributed by atoms with Gasteiger partial charge in [0, 0.05) is 49.9 Å². The standard InChI is InChI=1S/C13H18N4OS2/c1-3-17(10(2)18)13-16-11(9-20-13)8-14-5-4-12-15-6-7-19-12/h6-7,9,14H,3-5,8H2,1-2H3. The van der Waals surface area contributed by atoms with Crippen molar-refractivity contribution in [2.24, 2.45) is 0 Å². The van der Waals surface area contributed by atoms with E-state index in [9.17, 15) is 4.79 Å². The molecule has 2 aromatic heterocycles. The number of carbonyl (C=O) groups is 1. The predicted molar refractivity (Wildman–Crippen MR) is 83.3 cm³/mol. The van der Waals surface area contributed by atoms with Crippen LogP contribution < -0.4 is 10.2 Å². The first-order chi connectivity index (χ1) is 9.70. The van der Waals surface area contributed by atoms with Gasteiger partial charge in [-0.25, -0.2) is 9.97 Å². The molecule has 0 saturated carbocycles. The van der Waals surface area contributed by atoms with Crippen LogP contribution in [-0.4, -0.2) is 29.0 Å². The van der Waals surface area contributed by atoms with Crippen molar-refractivity contribution in [3.05, 3.63) is 27.7 Å². The van der Waals surface area contributed by atoms with Crippen LogP contribution in [0.25, 0.3) is 0 Å². The molecule has 0 fully saturated rings. The molecule has 7 heteroatoms. The zero-order valence-electron chi connectivity index (χ0n) is 11.6. The minimum atomic E-state index is 0.0325.